The highest BCUT2D eigenvalue weighted by atomic mass is 16.5. The molecule has 5 N–H and O–H groups in total. The number of dihydropyridines is 1. The number of nitrogens with zero attached hydrogens (tertiary/aromatic N) is 2. The number of carboxylic acids is 2. The van der Waals surface area contributed by atoms with Crippen LogP contribution in [0.1, 0.15) is 18.7 Å². The molecule has 5 rings (SSSR count). The van der Waals surface area contributed by atoms with Crippen LogP contribution in [0.3, 0.4) is 0 Å². The van der Waals surface area contributed by atoms with Gasteiger partial charge in [0.25, 0.3) is 0 Å². The smallest absolute Gasteiger partial charge is 0.335 e. The summed E-state index contributed by atoms with van der Waals surface area (Å²) >= 11 is 0. The van der Waals surface area contributed by atoms with Crippen LogP contribution >= 0.6 is 0 Å². The van der Waals surface area contributed by atoms with Gasteiger partial charge >= 0.3 is 11.9 Å². The number of methoxy groups -OCH3 is 2. The second-order valence-corrected chi connectivity index (χ2v) is 10.1. The molecule has 2 aromatic carbocycles. The van der Waals surface area contributed by atoms with Crippen molar-refractivity contribution in [3.8, 4) is 22.8 Å². The number of pyridine rings is 1. The van der Waals surface area contributed by atoms with E-state index in [0.29, 0.717) is 22.9 Å². The van der Waals surface area contributed by atoms with Crippen LogP contribution in [0.5, 0.6) is 11.5 Å². The lowest BCUT2D eigenvalue weighted by molar-refractivity contribution is -0.133. The molecule has 234 valence electrons. The second kappa shape index (κ2) is 13.6. The van der Waals surface area contributed by atoms with E-state index in [1.165, 1.54) is 24.3 Å². The third-order valence-corrected chi connectivity index (χ3v) is 7.24. The number of hydrogen-bond donors (Lipinski definition) is 4. The summed E-state index contributed by atoms with van der Waals surface area (Å²) in [6, 6.07) is 21.8. The van der Waals surface area contributed by atoms with E-state index < -0.39 is 18.0 Å². The fourth-order valence-electron chi connectivity index (χ4n) is 4.85. The van der Waals surface area contributed by atoms with E-state index in [1.807, 2.05) is 65.6 Å². The van der Waals surface area contributed by atoms with Gasteiger partial charge in [-0.2, -0.15) is 0 Å². The third-order valence-electron chi connectivity index (χ3n) is 7.24. The zero-order valence-corrected chi connectivity index (χ0v) is 25.3. The van der Waals surface area contributed by atoms with E-state index in [4.69, 9.17) is 19.6 Å². The number of furan rings is 1. The van der Waals surface area contributed by atoms with Gasteiger partial charge in [0.1, 0.15) is 17.3 Å². The minimum absolute atomic E-state index is 0.0189. The second-order valence-electron chi connectivity index (χ2n) is 10.1. The number of aliphatic carboxylic acids is 2. The van der Waals surface area contributed by atoms with Gasteiger partial charge < -0.3 is 35.2 Å². The zero-order valence-electron chi connectivity index (χ0n) is 25.3. The number of hydrogen-bond acceptors (Lipinski definition) is 9. The molecule has 1 aliphatic heterocycles. The summed E-state index contributed by atoms with van der Waals surface area (Å²) in [6.07, 6.45) is 7.15. The summed E-state index contributed by atoms with van der Waals surface area (Å²) in [5.74, 6) is 0.229. The van der Waals surface area contributed by atoms with Crippen molar-refractivity contribution in [3.05, 3.63) is 132 Å². The highest BCUT2D eigenvalue weighted by molar-refractivity contribution is 5.92. The van der Waals surface area contributed by atoms with Crippen molar-refractivity contribution in [2.75, 3.05) is 19.1 Å². The molecular weight excluding hydrogens is 588 g/mol. The van der Waals surface area contributed by atoms with Crippen LogP contribution in [0.2, 0.25) is 0 Å². The van der Waals surface area contributed by atoms with Crippen molar-refractivity contribution in [1.29, 1.82) is 0 Å². The number of benzene rings is 2. The van der Waals surface area contributed by atoms with Crippen LogP contribution in [-0.2, 0) is 9.59 Å². The Morgan fingerprint density at radius 1 is 0.957 bits per heavy atom. The minimum atomic E-state index is -1.16. The maximum Gasteiger partial charge on any atom is 0.335 e. The van der Waals surface area contributed by atoms with Gasteiger partial charge in [-0.1, -0.05) is 6.08 Å². The van der Waals surface area contributed by atoms with Crippen LogP contribution in [-0.4, -0.2) is 41.4 Å². The van der Waals surface area contributed by atoms with Gasteiger partial charge in [-0.05, 0) is 91.9 Å². The average molecular weight is 621 g/mol. The Hall–Kier alpha value is -6.23. The molecule has 4 aromatic rings. The number of nitrogens with one attached hydrogen (secondary N) is 1. The lowest BCUT2D eigenvalue weighted by Gasteiger charge is -2.24. The Balaban J connectivity index is 1.48. The Morgan fingerprint density at radius 3 is 2.13 bits per heavy atom. The van der Waals surface area contributed by atoms with Crippen LogP contribution in [0.4, 0.5) is 17.3 Å². The van der Waals surface area contributed by atoms with E-state index in [9.17, 15) is 19.8 Å². The first-order valence-corrected chi connectivity index (χ1v) is 14.2. The monoisotopic (exact) mass is 620 g/mol. The van der Waals surface area contributed by atoms with Crippen molar-refractivity contribution in [2.24, 2.45) is 5.73 Å². The Kier molecular flexibility index (Phi) is 9.23. The maximum absolute atomic E-state index is 12.0. The number of aromatic nitrogens is 1. The van der Waals surface area contributed by atoms with Crippen LogP contribution < -0.4 is 25.4 Å². The van der Waals surface area contributed by atoms with Crippen molar-refractivity contribution in [2.45, 2.75) is 13.0 Å². The molecule has 0 saturated carbocycles. The fourth-order valence-corrected chi connectivity index (χ4v) is 4.85. The van der Waals surface area contributed by atoms with Gasteiger partial charge in [-0.25, -0.2) is 9.59 Å². The van der Waals surface area contributed by atoms with Crippen molar-refractivity contribution in [1.82, 2.24) is 10.3 Å². The molecule has 0 amide bonds. The normalized spacial score (nSPS) is 14.9. The summed E-state index contributed by atoms with van der Waals surface area (Å²) in [5.41, 5.74) is 9.36. The lowest BCUT2D eigenvalue weighted by Crippen LogP contribution is -2.28. The molecule has 46 heavy (non-hydrogen) atoms. The van der Waals surface area contributed by atoms with Gasteiger partial charge in [-0.15, -0.1) is 0 Å². The summed E-state index contributed by atoms with van der Waals surface area (Å²) in [6.45, 7) is 1.57. The standard InChI is InChI=1S/C35H32N4O7/c1-4-21(34(40)41)17-28(36)29-19-23(35(42)43)20-31(38-29)30-18-22(15-16-37-30)32-13-14-33(46-32)39(24-5-9-26(44-2)10-6-24)25-7-11-27(45-3)12-8-25/h4-20,31,38H,36H2,1-3H3,(H,40,41)(H,42,43)/b21-4+,28-17-. The third kappa shape index (κ3) is 6.78. The molecule has 0 saturated heterocycles. The zero-order chi connectivity index (χ0) is 32.8. The number of carboxylic acid groups (broad SMARTS) is 2. The number of nitrogens with two attached hydrogens (primary N) is 1. The predicted octanol–water partition coefficient (Wildman–Crippen LogP) is 6.24. The number of rotatable bonds is 11. The molecule has 3 heterocycles. The summed E-state index contributed by atoms with van der Waals surface area (Å²) < 4.78 is 17.1. The number of ether oxygens (including phenoxy) is 2. The quantitative estimate of drug-likeness (QED) is 0.111. The fraction of sp³-hybridized carbons (Fsp3) is 0.114. The molecule has 0 bridgehead atoms. The Labute approximate surface area is 265 Å². The maximum atomic E-state index is 12.0. The Bertz CT molecular complexity index is 1820. The molecule has 1 atom stereocenters. The molecule has 2 aromatic heterocycles. The van der Waals surface area contributed by atoms with E-state index in [-0.39, 0.29) is 22.5 Å². The SMILES string of the molecule is C/C=C(\C=C(/N)C1=CC(C(=O)O)=CC(c2cc(-c3ccc(N(c4ccc(OC)cc4)c4ccc(OC)cc4)o3)ccn2)N1)C(=O)O. The van der Waals surface area contributed by atoms with Crippen molar-refractivity contribution >= 4 is 29.2 Å². The highest BCUT2D eigenvalue weighted by Gasteiger charge is 2.23. The van der Waals surface area contributed by atoms with Gasteiger partial charge in [-0.3, -0.25) is 9.88 Å². The largest absolute Gasteiger partial charge is 0.497 e. The molecule has 11 heteroatoms. The van der Waals surface area contributed by atoms with Crippen LogP contribution in [0.25, 0.3) is 11.3 Å². The first-order chi connectivity index (χ1) is 22.2. The summed E-state index contributed by atoms with van der Waals surface area (Å²) in [7, 11) is 3.22. The summed E-state index contributed by atoms with van der Waals surface area (Å²) in [5, 5.41) is 22.4. The lowest BCUT2D eigenvalue weighted by atomic mass is 10.00. The van der Waals surface area contributed by atoms with E-state index in [2.05, 4.69) is 10.3 Å². The first-order valence-electron chi connectivity index (χ1n) is 14.2. The van der Waals surface area contributed by atoms with Gasteiger partial charge in [0.05, 0.1) is 48.5 Å². The molecule has 1 aliphatic rings. The topological polar surface area (TPSA) is 160 Å². The molecule has 0 spiro atoms. The highest BCUT2D eigenvalue weighted by Crippen LogP contribution is 2.39. The van der Waals surface area contributed by atoms with Crippen LogP contribution in [0.15, 0.2) is 130 Å². The van der Waals surface area contributed by atoms with Crippen molar-refractivity contribution < 1.29 is 33.7 Å². The number of carbonyl (C=O) groups is 2. The van der Waals surface area contributed by atoms with Crippen molar-refractivity contribution in [3.63, 3.8) is 0 Å². The molecule has 0 aliphatic carbocycles. The number of anilines is 3. The molecule has 0 fully saturated rings. The van der Waals surface area contributed by atoms with Crippen LogP contribution in [0, 0.1) is 0 Å². The Morgan fingerprint density at radius 2 is 1.59 bits per heavy atom. The van der Waals surface area contributed by atoms with E-state index >= 15 is 0 Å². The molecule has 1 unspecified atom stereocenters. The van der Waals surface area contributed by atoms with Gasteiger partial charge in [0, 0.05) is 29.2 Å². The average Bonchev–Trinajstić information content (AvgIpc) is 3.57. The predicted molar refractivity (Wildman–Crippen MR) is 173 cm³/mol. The minimum Gasteiger partial charge on any atom is -0.497 e. The summed E-state index contributed by atoms with van der Waals surface area (Å²) in [4.78, 5) is 29.9. The molecule has 0 radical (unpaired) electrons. The van der Waals surface area contributed by atoms with E-state index in [1.54, 1.807) is 39.5 Å². The molecule has 11 nitrogen and oxygen atoms in total. The van der Waals surface area contributed by atoms with Gasteiger partial charge in [0.15, 0.2) is 0 Å². The number of allylic oxidation sites excluding steroid dienone is 1. The van der Waals surface area contributed by atoms with E-state index in [0.717, 1.165) is 22.9 Å². The first kappa shape index (κ1) is 31.2. The van der Waals surface area contributed by atoms with Gasteiger partial charge in [0.2, 0.25) is 5.88 Å². The molecular formula is C35H32N4O7.